The number of hydrogen-bond acceptors (Lipinski definition) is 4. The summed E-state index contributed by atoms with van der Waals surface area (Å²) in [6.45, 7) is 2.26. The van der Waals surface area contributed by atoms with Crippen molar-refractivity contribution in [1.29, 1.82) is 0 Å². The van der Waals surface area contributed by atoms with Crippen LogP contribution in [0.3, 0.4) is 0 Å². The zero-order valence-electron chi connectivity index (χ0n) is 11.3. The van der Waals surface area contributed by atoms with E-state index in [1.54, 1.807) is 23.5 Å². The molecule has 0 saturated heterocycles. The highest BCUT2D eigenvalue weighted by molar-refractivity contribution is 7.09. The molecule has 1 heterocycles. The second-order valence-corrected chi connectivity index (χ2v) is 5.32. The van der Waals surface area contributed by atoms with Crippen molar-refractivity contribution >= 4 is 17.3 Å². The van der Waals surface area contributed by atoms with Gasteiger partial charge < -0.3 is 4.74 Å². The van der Waals surface area contributed by atoms with E-state index in [2.05, 4.69) is 4.98 Å². The highest BCUT2D eigenvalue weighted by Crippen LogP contribution is 2.12. The van der Waals surface area contributed by atoms with Gasteiger partial charge in [0.25, 0.3) is 0 Å². The van der Waals surface area contributed by atoms with Crippen LogP contribution < -0.4 is 0 Å². The molecule has 1 aromatic heterocycles. The zero-order valence-corrected chi connectivity index (χ0v) is 12.1. The lowest BCUT2D eigenvalue weighted by molar-refractivity contribution is -0.145. The molecule has 0 bridgehead atoms. The molecule has 106 valence electrons. The van der Waals surface area contributed by atoms with Crippen molar-refractivity contribution < 1.29 is 13.9 Å². The number of rotatable bonds is 6. The van der Waals surface area contributed by atoms with E-state index in [9.17, 15) is 9.18 Å². The molecule has 0 radical (unpaired) electrons. The van der Waals surface area contributed by atoms with Crippen molar-refractivity contribution in [1.82, 2.24) is 4.98 Å². The smallest absolute Gasteiger partial charge is 0.306 e. The van der Waals surface area contributed by atoms with Crippen molar-refractivity contribution in [3.63, 3.8) is 0 Å². The molecule has 2 aromatic rings. The van der Waals surface area contributed by atoms with Gasteiger partial charge in [0.2, 0.25) is 0 Å². The minimum absolute atomic E-state index is 0.221. The van der Waals surface area contributed by atoms with Gasteiger partial charge in [0.1, 0.15) is 12.4 Å². The van der Waals surface area contributed by atoms with Gasteiger partial charge >= 0.3 is 5.97 Å². The highest BCUT2D eigenvalue weighted by atomic mass is 32.1. The average Bonchev–Trinajstić information content (AvgIpc) is 2.92. The van der Waals surface area contributed by atoms with Gasteiger partial charge in [-0.15, -0.1) is 11.3 Å². The summed E-state index contributed by atoms with van der Waals surface area (Å²) in [6, 6.07) is 6.14. The van der Waals surface area contributed by atoms with Gasteiger partial charge in [-0.1, -0.05) is 19.1 Å². The van der Waals surface area contributed by atoms with Crippen molar-refractivity contribution in [2.24, 2.45) is 0 Å². The summed E-state index contributed by atoms with van der Waals surface area (Å²) in [7, 11) is 0. The highest BCUT2D eigenvalue weighted by Gasteiger charge is 2.06. The molecule has 0 amide bonds. The second kappa shape index (κ2) is 7.14. The maximum atomic E-state index is 12.7. The van der Waals surface area contributed by atoms with Gasteiger partial charge in [-0.05, 0) is 30.5 Å². The zero-order chi connectivity index (χ0) is 14.4. The molecular formula is C15H16FNO2S. The van der Waals surface area contributed by atoms with E-state index in [1.807, 2.05) is 12.3 Å². The first kappa shape index (κ1) is 14.7. The summed E-state index contributed by atoms with van der Waals surface area (Å²) in [5.74, 6) is -0.535. The Labute approximate surface area is 121 Å². The Hall–Kier alpha value is -1.75. The Bertz CT molecular complexity index is 566. The molecule has 20 heavy (non-hydrogen) atoms. The first-order chi connectivity index (χ1) is 9.67. The molecule has 2 rings (SSSR count). The fourth-order valence-corrected chi connectivity index (χ4v) is 2.43. The topological polar surface area (TPSA) is 39.2 Å². The van der Waals surface area contributed by atoms with Crippen LogP contribution in [0.15, 0.2) is 29.6 Å². The maximum absolute atomic E-state index is 12.7. The Kier molecular flexibility index (Phi) is 5.24. The van der Waals surface area contributed by atoms with E-state index in [-0.39, 0.29) is 24.8 Å². The lowest BCUT2D eigenvalue weighted by atomic mass is 10.1. The Morgan fingerprint density at radius 1 is 1.35 bits per heavy atom. The number of carbonyl (C=O) groups excluding carboxylic acids is 1. The number of halogens is 1. The molecule has 0 saturated carbocycles. The van der Waals surface area contributed by atoms with Crippen LogP contribution in [0.2, 0.25) is 0 Å². The third-order valence-electron chi connectivity index (χ3n) is 2.81. The largest absolute Gasteiger partial charge is 0.459 e. The second-order valence-electron chi connectivity index (χ2n) is 4.37. The van der Waals surface area contributed by atoms with Gasteiger partial charge in [-0.2, -0.15) is 0 Å². The molecule has 5 heteroatoms. The normalized spacial score (nSPS) is 10.5. The third kappa shape index (κ3) is 4.42. The molecule has 0 atom stereocenters. The number of benzene rings is 1. The quantitative estimate of drug-likeness (QED) is 0.765. The lowest BCUT2D eigenvalue weighted by Gasteiger charge is -2.03. The van der Waals surface area contributed by atoms with E-state index >= 15 is 0 Å². The summed E-state index contributed by atoms with van der Waals surface area (Å²) in [4.78, 5) is 15.9. The molecular weight excluding hydrogens is 277 g/mol. The van der Waals surface area contributed by atoms with Crippen molar-refractivity contribution in [2.45, 2.75) is 32.8 Å². The first-order valence-electron chi connectivity index (χ1n) is 6.50. The summed E-state index contributed by atoms with van der Waals surface area (Å²) in [6.07, 6.45) is 1.73. The van der Waals surface area contributed by atoms with Crippen LogP contribution in [-0.2, 0) is 29.0 Å². The number of aryl methyl sites for hydroxylation is 2. The van der Waals surface area contributed by atoms with Crippen LogP contribution in [-0.4, -0.2) is 11.0 Å². The van der Waals surface area contributed by atoms with Crippen LogP contribution in [0, 0.1) is 5.82 Å². The van der Waals surface area contributed by atoms with Crippen molar-refractivity contribution in [3.8, 4) is 0 Å². The summed E-state index contributed by atoms with van der Waals surface area (Å²) in [5.41, 5.74) is 1.72. The fourth-order valence-electron chi connectivity index (χ4n) is 1.70. The molecule has 0 unspecified atom stereocenters. The van der Waals surface area contributed by atoms with E-state index in [0.717, 1.165) is 22.7 Å². The van der Waals surface area contributed by atoms with Gasteiger partial charge in [-0.3, -0.25) is 4.79 Å². The van der Waals surface area contributed by atoms with E-state index in [4.69, 9.17) is 4.74 Å². The molecule has 1 aromatic carbocycles. The van der Waals surface area contributed by atoms with Crippen LogP contribution in [0.4, 0.5) is 4.39 Å². The minimum atomic E-state index is -0.272. The number of ether oxygens (including phenoxy) is 1. The Balaban J connectivity index is 1.74. The predicted octanol–water partition coefficient (Wildman–Crippen LogP) is 3.52. The predicted molar refractivity (Wildman–Crippen MR) is 76.0 cm³/mol. The average molecular weight is 293 g/mol. The Morgan fingerprint density at radius 2 is 2.10 bits per heavy atom. The molecule has 0 aliphatic carbocycles. The van der Waals surface area contributed by atoms with Gasteiger partial charge in [-0.25, -0.2) is 9.37 Å². The number of thiazole rings is 1. The van der Waals surface area contributed by atoms with Crippen molar-refractivity contribution in [3.05, 3.63) is 51.7 Å². The number of carbonyl (C=O) groups is 1. The SMILES string of the molecule is CCc1nc(COC(=O)CCc2ccc(F)cc2)cs1. The fraction of sp³-hybridized carbons (Fsp3) is 0.333. The lowest BCUT2D eigenvalue weighted by Crippen LogP contribution is -2.06. The van der Waals surface area contributed by atoms with E-state index in [1.165, 1.54) is 12.1 Å². The number of nitrogens with zero attached hydrogens (tertiary/aromatic N) is 1. The molecule has 0 N–H and O–H groups in total. The summed E-state index contributed by atoms with van der Waals surface area (Å²) < 4.78 is 17.9. The van der Waals surface area contributed by atoms with Gasteiger partial charge in [0, 0.05) is 11.8 Å². The monoisotopic (exact) mass is 293 g/mol. The van der Waals surface area contributed by atoms with Crippen molar-refractivity contribution in [2.75, 3.05) is 0 Å². The molecule has 0 fully saturated rings. The standard InChI is InChI=1S/C15H16FNO2S/c1-2-14-17-13(10-20-14)9-19-15(18)8-5-11-3-6-12(16)7-4-11/h3-4,6-7,10H,2,5,8-9H2,1H3. The van der Waals surface area contributed by atoms with Crippen LogP contribution in [0.1, 0.15) is 29.6 Å². The first-order valence-corrected chi connectivity index (χ1v) is 7.38. The summed E-state index contributed by atoms with van der Waals surface area (Å²) >= 11 is 1.57. The number of hydrogen-bond donors (Lipinski definition) is 0. The third-order valence-corrected chi connectivity index (χ3v) is 3.86. The van der Waals surface area contributed by atoms with Crippen LogP contribution in [0.25, 0.3) is 0 Å². The Morgan fingerprint density at radius 3 is 2.75 bits per heavy atom. The van der Waals surface area contributed by atoms with Gasteiger partial charge in [0.15, 0.2) is 0 Å². The maximum Gasteiger partial charge on any atom is 0.306 e. The summed E-state index contributed by atoms with van der Waals surface area (Å²) in [5, 5.41) is 2.95. The molecule has 0 aliphatic rings. The van der Waals surface area contributed by atoms with Gasteiger partial charge in [0.05, 0.1) is 10.7 Å². The van der Waals surface area contributed by atoms with Crippen LogP contribution >= 0.6 is 11.3 Å². The minimum Gasteiger partial charge on any atom is -0.459 e. The van der Waals surface area contributed by atoms with E-state index in [0.29, 0.717) is 6.42 Å². The van der Waals surface area contributed by atoms with Crippen LogP contribution in [0.5, 0.6) is 0 Å². The molecule has 3 nitrogen and oxygen atoms in total. The van der Waals surface area contributed by atoms with E-state index < -0.39 is 0 Å². The molecule has 0 aliphatic heterocycles. The number of esters is 1. The molecule has 0 spiro atoms. The number of aromatic nitrogens is 1.